The van der Waals surface area contributed by atoms with E-state index in [4.69, 9.17) is 23.7 Å². The van der Waals surface area contributed by atoms with E-state index >= 15 is 0 Å². The van der Waals surface area contributed by atoms with Crippen LogP contribution >= 0.6 is 0 Å². The number of rotatable bonds is 9. The molecular weight excluding hydrogens is 478 g/mol. The summed E-state index contributed by atoms with van der Waals surface area (Å²) >= 11 is 0. The molecule has 36 heavy (non-hydrogen) atoms. The third-order valence-corrected chi connectivity index (χ3v) is 4.03. The molecule has 0 amide bonds. The molecule has 0 aromatic heterocycles. The molecule has 12 heteroatoms. The molecule has 2 atom stereocenters. The molecule has 0 fully saturated rings. The minimum atomic E-state index is -1.16. The van der Waals surface area contributed by atoms with Crippen LogP contribution in [-0.4, -0.2) is 66.5 Å². The van der Waals surface area contributed by atoms with Crippen molar-refractivity contribution in [3.63, 3.8) is 0 Å². The molecule has 0 bridgehead atoms. The highest BCUT2D eigenvalue weighted by molar-refractivity contribution is 5.74. The summed E-state index contributed by atoms with van der Waals surface area (Å²) in [7, 11) is 1.16. The lowest BCUT2D eigenvalue weighted by Gasteiger charge is -2.21. The Balaban J connectivity index is 3.10. The first kappa shape index (κ1) is 30.5. The second kappa shape index (κ2) is 13.0. The van der Waals surface area contributed by atoms with Crippen molar-refractivity contribution in [1.82, 2.24) is 5.32 Å². The molecule has 0 radical (unpaired) electrons. The lowest BCUT2D eigenvalue weighted by Crippen LogP contribution is -2.42. The third kappa shape index (κ3) is 12.2. The number of ether oxygens (including phenoxy) is 6. The van der Waals surface area contributed by atoms with Gasteiger partial charge < -0.3 is 38.8 Å². The van der Waals surface area contributed by atoms with Gasteiger partial charge in [0.1, 0.15) is 23.3 Å². The zero-order valence-corrected chi connectivity index (χ0v) is 21.8. The number of benzene rings is 1. The van der Waals surface area contributed by atoms with Crippen LogP contribution in [-0.2, 0) is 30.2 Å². The van der Waals surface area contributed by atoms with Crippen LogP contribution in [0.15, 0.2) is 18.2 Å². The average Bonchev–Trinajstić information content (AvgIpc) is 2.69. The van der Waals surface area contributed by atoms with Gasteiger partial charge in [-0.3, -0.25) is 4.79 Å². The summed E-state index contributed by atoms with van der Waals surface area (Å²) in [6.07, 6.45) is -3.66. The highest BCUT2D eigenvalue weighted by Crippen LogP contribution is 2.31. The predicted octanol–water partition coefficient (Wildman–Crippen LogP) is 4.07. The molecule has 1 aromatic carbocycles. The summed E-state index contributed by atoms with van der Waals surface area (Å²) in [6, 6.07) is 3.13. The normalized spacial score (nSPS) is 13.1. The van der Waals surface area contributed by atoms with Crippen molar-refractivity contribution < 1.29 is 52.7 Å². The topological polar surface area (TPSA) is 156 Å². The number of aliphatic carboxylic acids is 1. The lowest BCUT2D eigenvalue weighted by molar-refractivity contribution is -0.139. The van der Waals surface area contributed by atoms with Gasteiger partial charge in [-0.05, 0) is 72.6 Å². The summed E-state index contributed by atoms with van der Waals surface area (Å²) in [4.78, 5) is 47.4. The fraction of sp³-hybridized carbons (Fsp3) is 0.583. The highest BCUT2D eigenvalue weighted by atomic mass is 16.8. The Morgan fingerprint density at radius 2 is 1.42 bits per heavy atom. The van der Waals surface area contributed by atoms with Crippen molar-refractivity contribution in [2.24, 2.45) is 0 Å². The zero-order chi connectivity index (χ0) is 27.7. The largest absolute Gasteiger partial charge is 0.514 e. The van der Waals surface area contributed by atoms with Gasteiger partial charge in [-0.25, -0.2) is 14.4 Å². The molecule has 202 valence electrons. The minimum absolute atomic E-state index is 0.0349. The molecule has 0 spiro atoms. The monoisotopic (exact) mass is 513 g/mol. The molecule has 1 aromatic rings. The van der Waals surface area contributed by atoms with Gasteiger partial charge >= 0.3 is 24.4 Å². The highest BCUT2D eigenvalue weighted by Gasteiger charge is 2.25. The summed E-state index contributed by atoms with van der Waals surface area (Å²) in [5.41, 5.74) is -1.23. The van der Waals surface area contributed by atoms with Crippen LogP contribution in [0.4, 0.5) is 14.4 Å². The Hall–Kier alpha value is -3.54. The van der Waals surface area contributed by atoms with E-state index in [2.05, 4.69) is 10.1 Å². The third-order valence-electron chi connectivity index (χ3n) is 4.03. The SMILES string of the molecule is COC(=O)OC(C)CN[C@@H](Cc1ccc(OC(=O)OC(C)(C)C)c(OC(=O)OC(C)(C)C)c1)C(=O)O. The quantitative estimate of drug-likeness (QED) is 0.278. The predicted molar refractivity (Wildman–Crippen MR) is 126 cm³/mol. The smallest absolute Gasteiger partial charge is 0.480 e. The van der Waals surface area contributed by atoms with Crippen LogP contribution < -0.4 is 14.8 Å². The first-order valence-corrected chi connectivity index (χ1v) is 11.1. The molecule has 1 rings (SSSR count). The van der Waals surface area contributed by atoms with Crippen molar-refractivity contribution in [2.75, 3.05) is 13.7 Å². The van der Waals surface area contributed by atoms with E-state index < -0.39 is 47.8 Å². The van der Waals surface area contributed by atoms with Crippen LogP contribution in [0.25, 0.3) is 0 Å². The Labute approximate surface area is 210 Å². The van der Waals surface area contributed by atoms with Crippen molar-refractivity contribution in [2.45, 2.75) is 78.2 Å². The number of carboxylic acids is 1. The molecule has 0 aliphatic heterocycles. The Morgan fingerprint density at radius 1 is 0.889 bits per heavy atom. The van der Waals surface area contributed by atoms with Crippen molar-refractivity contribution in [1.29, 1.82) is 0 Å². The van der Waals surface area contributed by atoms with Gasteiger partial charge in [0.15, 0.2) is 11.5 Å². The van der Waals surface area contributed by atoms with E-state index in [1.165, 1.54) is 18.2 Å². The number of carbonyl (C=O) groups is 4. The first-order chi connectivity index (χ1) is 16.5. The molecule has 0 aliphatic carbocycles. The summed E-state index contributed by atoms with van der Waals surface area (Å²) in [5.74, 6) is -1.46. The summed E-state index contributed by atoms with van der Waals surface area (Å²) < 4.78 is 30.1. The maximum Gasteiger partial charge on any atom is 0.514 e. The number of hydrogen-bond donors (Lipinski definition) is 2. The zero-order valence-electron chi connectivity index (χ0n) is 21.8. The maximum absolute atomic E-state index is 12.3. The van der Waals surface area contributed by atoms with Crippen molar-refractivity contribution in [3.05, 3.63) is 23.8 Å². The maximum atomic E-state index is 12.3. The van der Waals surface area contributed by atoms with Crippen molar-refractivity contribution in [3.8, 4) is 11.5 Å². The standard InChI is InChI=1S/C24H35NO11/c1-14(32-20(28)31-8)13-25-16(19(26)27)11-15-9-10-17(33-21(29)35-23(2,3)4)18(12-15)34-22(30)36-24(5,6)7/h9-10,12,14,16,25H,11,13H2,1-8H3,(H,26,27)/t14?,16-/m0/s1. The van der Waals surface area contributed by atoms with Crippen LogP contribution in [0, 0.1) is 0 Å². The fourth-order valence-electron chi connectivity index (χ4n) is 2.61. The number of methoxy groups -OCH3 is 1. The minimum Gasteiger partial charge on any atom is -0.480 e. The van der Waals surface area contributed by atoms with Gasteiger partial charge in [-0.1, -0.05) is 6.07 Å². The van der Waals surface area contributed by atoms with Crippen LogP contribution in [0.1, 0.15) is 54.0 Å². The first-order valence-electron chi connectivity index (χ1n) is 11.1. The Kier molecular flexibility index (Phi) is 11.0. The fourth-order valence-corrected chi connectivity index (χ4v) is 2.61. The molecule has 0 saturated carbocycles. The lowest BCUT2D eigenvalue weighted by atomic mass is 10.0. The molecule has 0 saturated heterocycles. The number of carboxylic acid groups (broad SMARTS) is 1. The van der Waals surface area contributed by atoms with Gasteiger partial charge in [0, 0.05) is 6.54 Å². The number of hydrogen-bond acceptors (Lipinski definition) is 11. The summed E-state index contributed by atoms with van der Waals surface area (Å²) in [6.45, 7) is 11.5. The van der Waals surface area contributed by atoms with Gasteiger partial charge in [0.25, 0.3) is 0 Å². The van der Waals surface area contributed by atoms with Crippen LogP contribution in [0.5, 0.6) is 11.5 Å². The molecule has 2 N–H and O–H groups in total. The molecular formula is C24H35NO11. The van der Waals surface area contributed by atoms with Gasteiger partial charge in [-0.15, -0.1) is 0 Å². The number of carbonyl (C=O) groups excluding carboxylic acids is 3. The number of nitrogens with one attached hydrogen (secondary N) is 1. The average molecular weight is 514 g/mol. The van der Waals surface area contributed by atoms with Crippen LogP contribution in [0.3, 0.4) is 0 Å². The van der Waals surface area contributed by atoms with E-state index in [1.54, 1.807) is 48.5 Å². The van der Waals surface area contributed by atoms with E-state index in [-0.39, 0.29) is 24.5 Å². The van der Waals surface area contributed by atoms with Crippen molar-refractivity contribution >= 4 is 24.4 Å². The van der Waals surface area contributed by atoms with E-state index in [1.807, 2.05) is 0 Å². The molecule has 1 unspecified atom stereocenters. The van der Waals surface area contributed by atoms with Gasteiger partial charge in [0.05, 0.1) is 7.11 Å². The Morgan fingerprint density at radius 3 is 1.89 bits per heavy atom. The second-order valence-corrected chi connectivity index (χ2v) is 9.80. The van der Waals surface area contributed by atoms with E-state index in [0.717, 1.165) is 7.11 Å². The Bertz CT molecular complexity index is 931. The van der Waals surface area contributed by atoms with E-state index in [9.17, 15) is 24.3 Å². The second-order valence-electron chi connectivity index (χ2n) is 9.80. The van der Waals surface area contributed by atoms with Crippen LogP contribution in [0.2, 0.25) is 0 Å². The molecule has 0 heterocycles. The molecule has 0 aliphatic rings. The van der Waals surface area contributed by atoms with Gasteiger partial charge in [0.2, 0.25) is 0 Å². The summed E-state index contributed by atoms with van der Waals surface area (Å²) in [5, 5.41) is 12.4. The van der Waals surface area contributed by atoms with Gasteiger partial charge in [-0.2, -0.15) is 0 Å². The molecule has 12 nitrogen and oxygen atoms in total. The van der Waals surface area contributed by atoms with E-state index in [0.29, 0.717) is 5.56 Å².